The summed E-state index contributed by atoms with van der Waals surface area (Å²) in [7, 11) is -3.83. The molecule has 1 aromatic rings. The first-order valence-electron chi connectivity index (χ1n) is 5.92. The van der Waals surface area contributed by atoms with Gasteiger partial charge in [0.15, 0.2) is 0 Å². The molecule has 1 aromatic carbocycles. The molecule has 19 heavy (non-hydrogen) atoms. The van der Waals surface area contributed by atoms with Crippen LogP contribution in [0.2, 0.25) is 0 Å². The van der Waals surface area contributed by atoms with Crippen LogP contribution in [0.5, 0.6) is 0 Å². The number of rotatable bonds is 7. The van der Waals surface area contributed by atoms with Crippen molar-refractivity contribution in [2.75, 3.05) is 0 Å². The molecule has 0 aromatic heterocycles. The summed E-state index contributed by atoms with van der Waals surface area (Å²) in [4.78, 5) is 17.7. The first kappa shape index (κ1) is 16.1. The number of benzene rings is 1. The average Bonchev–Trinajstić information content (AvgIpc) is 2.37. The van der Waals surface area contributed by atoms with E-state index >= 15 is 0 Å². The second kappa shape index (κ2) is 7.62. The molecule has 1 N–H and O–H groups in total. The molecule has 0 unspecified atom stereocenters. The molecule has 5 nitrogen and oxygen atoms in total. The molecule has 1 rings (SSSR count). The fourth-order valence-corrected chi connectivity index (χ4v) is 2.74. The highest BCUT2D eigenvalue weighted by Gasteiger charge is 2.16. The van der Waals surface area contributed by atoms with E-state index in [0.717, 1.165) is 12.8 Å². The van der Waals surface area contributed by atoms with E-state index in [4.69, 9.17) is 0 Å². The first-order valence-corrected chi connectivity index (χ1v) is 8.20. The fourth-order valence-electron chi connectivity index (χ4n) is 1.35. The average molecular weight is 350 g/mol. The molecule has 0 fully saturated rings. The standard InChI is InChI=1S/C12H16BrNO4S/c1-2-3-4-8-12(15)18-14-19(16,17)11-7-5-6-10(13)9-11/h5-7,9,14H,2-4,8H2,1H3. The van der Waals surface area contributed by atoms with Crippen molar-refractivity contribution in [3.8, 4) is 0 Å². The van der Waals surface area contributed by atoms with Crippen molar-refractivity contribution in [2.45, 2.75) is 37.5 Å². The molecule has 7 heteroatoms. The topological polar surface area (TPSA) is 72.5 Å². The molecule has 0 amide bonds. The molecule has 0 heterocycles. The summed E-state index contributed by atoms with van der Waals surface area (Å²) in [6.45, 7) is 2.02. The van der Waals surface area contributed by atoms with Gasteiger partial charge in [-0.25, -0.2) is 8.42 Å². The monoisotopic (exact) mass is 349 g/mol. The Labute approximate surface area is 121 Å². The summed E-state index contributed by atoms with van der Waals surface area (Å²) in [6.07, 6.45) is 2.79. The van der Waals surface area contributed by atoms with Gasteiger partial charge in [0.25, 0.3) is 10.0 Å². The van der Waals surface area contributed by atoms with Gasteiger partial charge in [-0.1, -0.05) is 41.8 Å². The van der Waals surface area contributed by atoms with Gasteiger partial charge < -0.3 is 4.84 Å². The number of carbonyl (C=O) groups excluding carboxylic acids is 1. The van der Waals surface area contributed by atoms with E-state index in [2.05, 4.69) is 20.8 Å². The molecular formula is C12H16BrNO4S. The van der Waals surface area contributed by atoms with Crippen LogP contribution in [0.1, 0.15) is 32.6 Å². The number of hydrogen-bond donors (Lipinski definition) is 1. The molecular weight excluding hydrogens is 334 g/mol. The Morgan fingerprint density at radius 3 is 2.74 bits per heavy atom. The number of halogens is 1. The van der Waals surface area contributed by atoms with Crippen LogP contribution in [-0.4, -0.2) is 14.4 Å². The Bertz CT molecular complexity index is 530. The quantitative estimate of drug-likeness (QED) is 0.606. The lowest BCUT2D eigenvalue weighted by Gasteiger charge is -2.07. The highest BCUT2D eigenvalue weighted by atomic mass is 79.9. The van der Waals surface area contributed by atoms with E-state index in [-0.39, 0.29) is 11.3 Å². The Morgan fingerprint density at radius 2 is 2.11 bits per heavy atom. The van der Waals surface area contributed by atoms with Crippen LogP contribution in [-0.2, 0) is 19.7 Å². The van der Waals surface area contributed by atoms with Crippen molar-refractivity contribution >= 4 is 31.9 Å². The van der Waals surface area contributed by atoms with Crippen LogP contribution in [0.3, 0.4) is 0 Å². The van der Waals surface area contributed by atoms with Crippen LogP contribution in [0, 0.1) is 0 Å². The predicted octanol–water partition coefficient (Wildman–Crippen LogP) is 2.77. The number of carbonyl (C=O) groups is 1. The van der Waals surface area contributed by atoms with E-state index in [1.807, 2.05) is 11.8 Å². The second-order valence-electron chi connectivity index (χ2n) is 3.98. The van der Waals surface area contributed by atoms with Crippen LogP contribution in [0.4, 0.5) is 0 Å². The summed E-state index contributed by atoms with van der Waals surface area (Å²) in [6, 6.07) is 6.13. The third-order valence-corrected chi connectivity index (χ3v) is 4.03. The molecule has 0 saturated heterocycles. The zero-order valence-corrected chi connectivity index (χ0v) is 13.0. The van der Waals surface area contributed by atoms with Gasteiger partial charge in [-0.05, 0) is 29.5 Å². The van der Waals surface area contributed by atoms with Crippen molar-refractivity contribution in [3.63, 3.8) is 0 Å². The third-order valence-electron chi connectivity index (χ3n) is 2.36. The number of nitrogens with one attached hydrogen (secondary N) is 1. The number of hydrogen-bond acceptors (Lipinski definition) is 4. The van der Waals surface area contributed by atoms with E-state index in [1.165, 1.54) is 12.1 Å². The normalized spacial score (nSPS) is 11.3. The molecule has 0 aliphatic rings. The van der Waals surface area contributed by atoms with Gasteiger partial charge in [-0.3, -0.25) is 4.79 Å². The smallest absolute Gasteiger partial charge is 0.326 e. The second-order valence-corrected chi connectivity index (χ2v) is 6.54. The molecule has 0 bridgehead atoms. The Hall–Kier alpha value is -0.920. The number of sulfonamides is 1. The predicted molar refractivity (Wildman–Crippen MR) is 74.7 cm³/mol. The lowest BCUT2D eigenvalue weighted by Crippen LogP contribution is -2.27. The lowest BCUT2D eigenvalue weighted by atomic mass is 10.2. The molecule has 106 valence electrons. The van der Waals surface area contributed by atoms with Gasteiger partial charge in [0.2, 0.25) is 0 Å². The lowest BCUT2D eigenvalue weighted by molar-refractivity contribution is -0.147. The third kappa shape index (κ3) is 5.71. The minimum Gasteiger partial charge on any atom is -0.356 e. The number of unbranched alkanes of at least 4 members (excludes halogenated alkanes) is 2. The molecule has 0 saturated carbocycles. The summed E-state index contributed by atoms with van der Waals surface area (Å²) in [5, 5.41) is 0. The van der Waals surface area contributed by atoms with Crippen molar-refractivity contribution in [1.82, 2.24) is 4.89 Å². The SMILES string of the molecule is CCCCCC(=O)ONS(=O)(=O)c1cccc(Br)c1. The van der Waals surface area contributed by atoms with Crippen molar-refractivity contribution in [3.05, 3.63) is 28.7 Å². The van der Waals surface area contributed by atoms with Crippen molar-refractivity contribution in [2.24, 2.45) is 0 Å². The zero-order chi connectivity index (χ0) is 14.3. The van der Waals surface area contributed by atoms with Gasteiger partial charge in [-0.2, -0.15) is 0 Å². The van der Waals surface area contributed by atoms with Gasteiger partial charge in [0, 0.05) is 10.9 Å². The highest BCUT2D eigenvalue weighted by Crippen LogP contribution is 2.15. The maximum atomic E-state index is 11.8. The minimum absolute atomic E-state index is 0.0308. The molecule has 0 radical (unpaired) electrons. The minimum atomic E-state index is -3.83. The zero-order valence-electron chi connectivity index (χ0n) is 10.6. The van der Waals surface area contributed by atoms with E-state index in [9.17, 15) is 13.2 Å². The molecule has 0 spiro atoms. The molecule has 0 aliphatic carbocycles. The van der Waals surface area contributed by atoms with Crippen LogP contribution >= 0.6 is 15.9 Å². The summed E-state index contributed by atoms with van der Waals surface area (Å²) >= 11 is 3.18. The Kier molecular flexibility index (Phi) is 6.47. The van der Waals surface area contributed by atoms with E-state index in [0.29, 0.717) is 10.9 Å². The van der Waals surface area contributed by atoms with Crippen molar-refractivity contribution in [1.29, 1.82) is 0 Å². The van der Waals surface area contributed by atoms with Crippen LogP contribution in [0.25, 0.3) is 0 Å². The van der Waals surface area contributed by atoms with Gasteiger partial charge >= 0.3 is 5.97 Å². The Morgan fingerprint density at radius 1 is 1.37 bits per heavy atom. The van der Waals surface area contributed by atoms with Gasteiger partial charge in [-0.15, -0.1) is 0 Å². The summed E-state index contributed by atoms with van der Waals surface area (Å²) < 4.78 is 24.2. The maximum absolute atomic E-state index is 11.8. The van der Waals surface area contributed by atoms with Crippen molar-refractivity contribution < 1.29 is 18.0 Å². The molecule has 0 aliphatic heterocycles. The fraction of sp³-hybridized carbons (Fsp3) is 0.417. The van der Waals surface area contributed by atoms with Gasteiger partial charge in [0.05, 0.1) is 4.90 Å². The van der Waals surface area contributed by atoms with E-state index < -0.39 is 16.0 Å². The van der Waals surface area contributed by atoms with Gasteiger partial charge in [0.1, 0.15) is 0 Å². The Balaban J connectivity index is 2.54. The summed E-state index contributed by atoms with van der Waals surface area (Å²) in [5.41, 5.74) is 0. The van der Waals surface area contributed by atoms with Crippen LogP contribution in [0.15, 0.2) is 33.6 Å². The first-order chi connectivity index (χ1) is 8.95. The highest BCUT2D eigenvalue weighted by molar-refractivity contribution is 9.10. The van der Waals surface area contributed by atoms with E-state index in [1.54, 1.807) is 12.1 Å². The largest absolute Gasteiger partial charge is 0.356 e. The summed E-state index contributed by atoms with van der Waals surface area (Å²) in [5.74, 6) is -0.577. The maximum Gasteiger partial charge on any atom is 0.326 e. The van der Waals surface area contributed by atoms with Crippen LogP contribution < -0.4 is 4.89 Å². The molecule has 0 atom stereocenters.